The van der Waals surface area contributed by atoms with Gasteiger partial charge < -0.3 is 4.57 Å². The molecule has 0 N–H and O–H groups in total. The van der Waals surface area contributed by atoms with Crippen molar-refractivity contribution >= 4 is 16.8 Å². The second kappa shape index (κ2) is 3.80. The Balaban J connectivity index is 1.92. The first-order chi connectivity index (χ1) is 9.42. The summed E-state index contributed by atoms with van der Waals surface area (Å²) in [6.07, 6.45) is 1.72. The van der Waals surface area contributed by atoms with Gasteiger partial charge in [-0.2, -0.15) is 0 Å². The largest absolute Gasteiger partial charge is 0.321 e. The zero-order valence-corrected chi connectivity index (χ0v) is 9.75. The third-order valence-electron chi connectivity index (χ3n) is 2.90. The molecule has 4 rings (SSSR count). The van der Waals surface area contributed by atoms with Crippen molar-refractivity contribution in [3.63, 3.8) is 0 Å². The summed E-state index contributed by atoms with van der Waals surface area (Å²) in [7, 11) is 0. The quantitative estimate of drug-likeness (QED) is 0.510. The zero-order valence-electron chi connectivity index (χ0n) is 9.75. The molecule has 0 spiro atoms. The molecule has 8 heteroatoms. The van der Waals surface area contributed by atoms with Gasteiger partial charge in [-0.3, -0.25) is 0 Å². The summed E-state index contributed by atoms with van der Waals surface area (Å²) >= 11 is 0. The molecule has 1 aromatic carbocycles. The van der Waals surface area contributed by atoms with Crippen molar-refractivity contribution in [1.82, 2.24) is 40.0 Å². The minimum Gasteiger partial charge on any atom is -0.321 e. The Morgan fingerprint density at radius 3 is 2.79 bits per heavy atom. The van der Waals surface area contributed by atoms with E-state index in [2.05, 4.69) is 43.0 Å². The van der Waals surface area contributed by atoms with Gasteiger partial charge in [-0.15, -0.1) is 10.2 Å². The molecule has 0 atom stereocenters. The van der Waals surface area contributed by atoms with Gasteiger partial charge >= 0.3 is 0 Å². The fraction of sp³-hybridized carbons (Fsp3) is 0.0909. The highest BCUT2D eigenvalue weighted by atomic mass is 15.6. The summed E-state index contributed by atoms with van der Waals surface area (Å²) in [4.78, 5) is 4.23. The van der Waals surface area contributed by atoms with Crippen LogP contribution in [0.2, 0.25) is 0 Å². The van der Waals surface area contributed by atoms with Crippen molar-refractivity contribution in [2.45, 2.75) is 6.54 Å². The van der Waals surface area contributed by atoms with Crippen LogP contribution in [0.5, 0.6) is 0 Å². The summed E-state index contributed by atoms with van der Waals surface area (Å²) in [6, 6.07) is 10.1. The van der Waals surface area contributed by atoms with Crippen molar-refractivity contribution in [2.24, 2.45) is 0 Å². The lowest BCUT2D eigenvalue weighted by Gasteiger charge is -2.03. The molecular weight excluding hydrogens is 244 g/mol. The van der Waals surface area contributed by atoms with E-state index < -0.39 is 0 Å². The lowest BCUT2D eigenvalue weighted by atomic mass is 10.2. The fourth-order valence-electron chi connectivity index (χ4n) is 2.04. The number of hydrogen-bond donors (Lipinski definition) is 0. The summed E-state index contributed by atoms with van der Waals surface area (Å²) in [5.74, 6) is 0. The van der Waals surface area contributed by atoms with E-state index >= 15 is 0 Å². The number of hydrogen-bond acceptors (Lipinski definition) is 6. The number of tetrazole rings is 1. The molecule has 4 aromatic rings. The fourth-order valence-corrected chi connectivity index (χ4v) is 2.04. The molecule has 0 unspecified atom stereocenters. The average Bonchev–Trinajstić information content (AvgIpc) is 3.06. The van der Waals surface area contributed by atoms with E-state index in [1.807, 2.05) is 22.8 Å². The maximum Gasteiger partial charge on any atom is 0.229 e. The molecule has 3 heterocycles. The Bertz CT molecular complexity index is 847. The maximum absolute atomic E-state index is 4.23. The summed E-state index contributed by atoms with van der Waals surface area (Å²) in [5, 5.41) is 19.1. The van der Waals surface area contributed by atoms with Gasteiger partial charge in [0.25, 0.3) is 0 Å². The topological polar surface area (TPSA) is 86.7 Å². The molecule has 0 aliphatic carbocycles. The predicted molar refractivity (Wildman–Crippen MR) is 65.2 cm³/mol. The summed E-state index contributed by atoms with van der Waals surface area (Å²) < 4.78 is 3.26. The molecule has 0 saturated carbocycles. The molecular formula is C11H8N8. The van der Waals surface area contributed by atoms with E-state index in [1.165, 1.54) is 10.2 Å². The van der Waals surface area contributed by atoms with Crippen molar-refractivity contribution in [3.05, 3.63) is 42.2 Å². The van der Waals surface area contributed by atoms with E-state index in [4.69, 9.17) is 0 Å². The molecule has 19 heavy (non-hydrogen) atoms. The van der Waals surface area contributed by atoms with Crippen molar-refractivity contribution < 1.29 is 0 Å². The van der Waals surface area contributed by atoms with Gasteiger partial charge in [0.05, 0.1) is 6.33 Å². The molecule has 92 valence electrons. The lowest BCUT2D eigenvalue weighted by molar-refractivity contribution is 0.685. The Labute approximate surface area is 106 Å². The Morgan fingerprint density at radius 1 is 1.00 bits per heavy atom. The number of aromatic nitrogens is 8. The van der Waals surface area contributed by atoms with Gasteiger partial charge in [0.1, 0.15) is 5.52 Å². The second-order valence-electron chi connectivity index (χ2n) is 4.11. The van der Waals surface area contributed by atoms with Gasteiger partial charge in [0, 0.05) is 6.54 Å². The van der Waals surface area contributed by atoms with E-state index in [1.54, 1.807) is 6.33 Å². The number of fused-ring (bicyclic) bond motifs is 3. The molecule has 0 amide bonds. The van der Waals surface area contributed by atoms with Crippen LogP contribution in [0.1, 0.15) is 5.56 Å². The standard InChI is InChI=1S/C11H8N8/c1-2-4-8(5-3-1)6-18-7-12-10-9(18)11-14-15-17-19(11)16-13-10/h1-5,7H,6H2. The molecule has 8 nitrogen and oxygen atoms in total. The first-order valence-electron chi connectivity index (χ1n) is 5.71. The SMILES string of the molecule is c1ccc(Cn2cnc3nnn4nnnc4c32)cc1. The molecule has 0 aliphatic rings. The third kappa shape index (κ3) is 1.53. The molecule has 0 aliphatic heterocycles. The van der Waals surface area contributed by atoms with Gasteiger partial charge in [-0.25, -0.2) is 4.98 Å². The minimum absolute atomic E-state index is 0.540. The van der Waals surface area contributed by atoms with Crippen LogP contribution in [-0.4, -0.2) is 40.0 Å². The number of imidazole rings is 1. The van der Waals surface area contributed by atoms with Crippen LogP contribution < -0.4 is 0 Å². The highest BCUT2D eigenvalue weighted by Gasteiger charge is 2.12. The first-order valence-corrected chi connectivity index (χ1v) is 5.71. The van der Waals surface area contributed by atoms with Gasteiger partial charge in [-0.05, 0) is 21.2 Å². The smallest absolute Gasteiger partial charge is 0.229 e. The third-order valence-corrected chi connectivity index (χ3v) is 2.90. The van der Waals surface area contributed by atoms with E-state index in [0.29, 0.717) is 17.8 Å². The second-order valence-corrected chi connectivity index (χ2v) is 4.11. The number of rotatable bonds is 2. The summed E-state index contributed by atoms with van der Waals surface area (Å²) in [6.45, 7) is 0.686. The first kappa shape index (κ1) is 10.1. The van der Waals surface area contributed by atoms with Crippen LogP contribution in [0.15, 0.2) is 36.7 Å². The van der Waals surface area contributed by atoms with E-state index in [9.17, 15) is 0 Å². The predicted octanol–water partition coefficient (Wildman–Crippen LogP) is 0.312. The highest BCUT2D eigenvalue weighted by molar-refractivity contribution is 5.84. The van der Waals surface area contributed by atoms with Gasteiger partial charge in [0.15, 0.2) is 0 Å². The van der Waals surface area contributed by atoms with Crippen LogP contribution in [-0.2, 0) is 6.54 Å². The molecule has 0 saturated heterocycles. The molecule has 3 aromatic heterocycles. The van der Waals surface area contributed by atoms with Crippen LogP contribution in [0.25, 0.3) is 16.8 Å². The van der Waals surface area contributed by atoms with Crippen LogP contribution >= 0.6 is 0 Å². The number of nitrogens with zero attached hydrogens (tertiary/aromatic N) is 8. The Kier molecular flexibility index (Phi) is 2.01. The van der Waals surface area contributed by atoms with Crippen molar-refractivity contribution in [3.8, 4) is 0 Å². The maximum atomic E-state index is 4.23. The van der Waals surface area contributed by atoms with Gasteiger partial charge in [0.2, 0.25) is 11.3 Å². The highest BCUT2D eigenvalue weighted by Crippen LogP contribution is 2.14. The zero-order chi connectivity index (χ0) is 12.7. The molecule has 0 bridgehead atoms. The molecule has 0 fully saturated rings. The number of benzene rings is 1. The monoisotopic (exact) mass is 252 g/mol. The minimum atomic E-state index is 0.540. The van der Waals surface area contributed by atoms with Crippen LogP contribution in [0.4, 0.5) is 0 Å². The van der Waals surface area contributed by atoms with E-state index in [-0.39, 0.29) is 0 Å². The van der Waals surface area contributed by atoms with Gasteiger partial charge in [-0.1, -0.05) is 35.0 Å². The van der Waals surface area contributed by atoms with Crippen LogP contribution in [0, 0.1) is 0 Å². The Morgan fingerprint density at radius 2 is 1.89 bits per heavy atom. The van der Waals surface area contributed by atoms with E-state index in [0.717, 1.165) is 5.52 Å². The summed E-state index contributed by atoms with van der Waals surface area (Å²) in [5.41, 5.74) is 3.05. The van der Waals surface area contributed by atoms with Crippen molar-refractivity contribution in [2.75, 3.05) is 0 Å². The lowest BCUT2D eigenvalue weighted by Crippen LogP contribution is -2.02. The van der Waals surface area contributed by atoms with Crippen LogP contribution in [0.3, 0.4) is 0 Å². The normalized spacial score (nSPS) is 11.4. The average molecular weight is 252 g/mol. The molecule has 0 radical (unpaired) electrons. The van der Waals surface area contributed by atoms with Crippen molar-refractivity contribution in [1.29, 1.82) is 0 Å². The Hall–Kier alpha value is -2.90.